The molecule has 0 amide bonds. The molecular formula is C14H24BrN3. The number of aryl methyl sites for hydroxylation is 2. The van der Waals surface area contributed by atoms with Crippen LogP contribution in [0, 0.1) is 11.8 Å². The van der Waals surface area contributed by atoms with E-state index in [2.05, 4.69) is 34.9 Å². The van der Waals surface area contributed by atoms with Gasteiger partial charge in [0.1, 0.15) is 0 Å². The van der Waals surface area contributed by atoms with Crippen molar-refractivity contribution in [3.05, 3.63) is 15.9 Å². The zero-order valence-corrected chi connectivity index (χ0v) is 13.2. The summed E-state index contributed by atoms with van der Waals surface area (Å²) >= 11 is 3.68. The number of aromatic nitrogens is 2. The van der Waals surface area contributed by atoms with E-state index < -0.39 is 0 Å². The van der Waals surface area contributed by atoms with Crippen LogP contribution in [-0.2, 0) is 19.9 Å². The average molecular weight is 314 g/mol. The van der Waals surface area contributed by atoms with Gasteiger partial charge in [-0.05, 0) is 40.6 Å². The van der Waals surface area contributed by atoms with Crippen LogP contribution < -0.4 is 5.73 Å². The Balaban J connectivity index is 2.11. The molecule has 1 heterocycles. The highest BCUT2D eigenvalue weighted by atomic mass is 79.9. The first-order chi connectivity index (χ1) is 8.54. The van der Waals surface area contributed by atoms with Crippen molar-refractivity contribution in [1.82, 2.24) is 9.78 Å². The van der Waals surface area contributed by atoms with Crippen LogP contribution in [0.3, 0.4) is 0 Å². The molecule has 0 saturated heterocycles. The molecule has 4 heteroatoms. The van der Waals surface area contributed by atoms with Crippen molar-refractivity contribution in [2.24, 2.45) is 24.6 Å². The van der Waals surface area contributed by atoms with Gasteiger partial charge in [0.05, 0.1) is 15.9 Å². The largest absolute Gasteiger partial charge is 0.327 e. The van der Waals surface area contributed by atoms with Crippen LogP contribution in [-0.4, -0.2) is 15.8 Å². The van der Waals surface area contributed by atoms with E-state index in [4.69, 9.17) is 5.73 Å². The fourth-order valence-electron chi connectivity index (χ4n) is 3.23. The minimum Gasteiger partial charge on any atom is -0.327 e. The molecule has 1 fully saturated rings. The van der Waals surface area contributed by atoms with Crippen molar-refractivity contribution < 1.29 is 0 Å². The molecular weight excluding hydrogens is 290 g/mol. The highest BCUT2D eigenvalue weighted by Crippen LogP contribution is 2.34. The molecule has 1 aliphatic carbocycles. The molecule has 1 saturated carbocycles. The summed E-state index contributed by atoms with van der Waals surface area (Å²) in [5.41, 5.74) is 8.81. The van der Waals surface area contributed by atoms with Gasteiger partial charge in [0.25, 0.3) is 0 Å². The minimum absolute atomic E-state index is 0.263. The summed E-state index contributed by atoms with van der Waals surface area (Å²) in [5.74, 6) is 1.45. The lowest BCUT2D eigenvalue weighted by molar-refractivity contribution is 0.339. The predicted octanol–water partition coefficient (Wildman–Crippen LogP) is 3.05. The number of nitrogens with zero attached hydrogens (tertiary/aromatic N) is 2. The summed E-state index contributed by atoms with van der Waals surface area (Å²) < 4.78 is 3.15. The van der Waals surface area contributed by atoms with Gasteiger partial charge in [0, 0.05) is 19.5 Å². The topological polar surface area (TPSA) is 43.8 Å². The van der Waals surface area contributed by atoms with Gasteiger partial charge in [0.15, 0.2) is 0 Å². The molecule has 0 radical (unpaired) electrons. The lowest BCUT2D eigenvalue weighted by Crippen LogP contribution is -2.34. The first-order valence-corrected chi connectivity index (χ1v) is 7.79. The van der Waals surface area contributed by atoms with Crippen molar-refractivity contribution in [1.29, 1.82) is 0 Å². The third kappa shape index (κ3) is 2.64. The number of hydrogen-bond donors (Lipinski definition) is 1. The zero-order chi connectivity index (χ0) is 13.3. The molecule has 102 valence electrons. The van der Waals surface area contributed by atoms with E-state index in [1.165, 1.54) is 25.0 Å². The molecule has 1 aliphatic rings. The normalized spacial score (nSPS) is 25.6. The fraction of sp³-hybridized carbons (Fsp3) is 0.786. The average Bonchev–Trinajstić information content (AvgIpc) is 2.87. The standard InChI is InChI=1S/C14H24BrN3/c1-4-12-14(15)13(18(3)17-12)8-11(16)10-7-5-6-9(10)2/h9-11H,4-8,16H2,1-3H3. The quantitative estimate of drug-likeness (QED) is 0.928. The zero-order valence-electron chi connectivity index (χ0n) is 11.6. The molecule has 3 nitrogen and oxygen atoms in total. The van der Waals surface area contributed by atoms with Gasteiger partial charge in [-0.25, -0.2) is 0 Å². The second kappa shape index (κ2) is 5.74. The number of rotatable bonds is 4. The van der Waals surface area contributed by atoms with Crippen LogP contribution in [0.4, 0.5) is 0 Å². The van der Waals surface area contributed by atoms with Crippen LogP contribution in [0.1, 0.15) is 44.5 Å². The van der Waals surface area contributed by atoms with Gasteiger partial charge >= 0.3 is 0 Å². The third-order valence-corrected chi connectivity index (χ3v) is 5.33. The lowest BCUT2D eigenvalue weighted by atomic mass is 9.88. The van der Waals surface area contributed by atoms with Crippen molar-refractivity contribution in [2.75, 3.05) is 0 Å². The van der Waals surface area contributed by atoms with Gasteiger partial charge in [0.2, 0.25) is 0 Å². The van der Waals surface area contributed by atoms with Gasteiger partial charge in [-0.3, -0.25) is 4.68 Å². The second-order valence-electron chi connectivity index (χ2n) is 5.62. The molecule has 1 aromatic rings. The van der Waals surface area contributed by atoms with Gasteiger partial charge in [-0.1, -0.05) is 26.7 Å². The summed E-state index contributed by atoms with van der Waals surface area (Å²) in [5, 5.41) is 4.54. The van der Waals surface area contributed by atoms with Crippen LogP contribution >= 0.6 is 15.9 Å². The predicted molar refractivity (Wildman–Crippen MR) is 78.5 cm³/mol. The first kappa shape index (κ1) is 14.1. The van der Waals surface area contributed by atoms with Crippen LogP contribution in [0.2, 0.25) is 0 Å². The smallest absolute Gasteiger partial charge is 0.0766 e. The molecule has 3 unspecified atom stereocenters. The van der Waals surface area contributed by atoms with Crippen LogP contribution in [0.25, 0.3) is 0 Å². The lowest BCUT2D eigenvalue weighted by Gasteiger charge is -2.23. The maximum atomic E-state index is 6.43. The highest BCUT2D eigenvalue weighted by molar-refractivity contribution is 9.10. The highest BCUT2D eigenvalue weighted by Gasteiger charge is 2.30. The van der Waals surface area contributed by atoms with Crippen molar-refractivity contribution >= 4 is 15.9 Å². The molecule has 1 aromatic heterocycles. The Hall–Kier alpha value is -0.350. The molecule has 0 spiro atoms. The van der Waals surface area contributed by atoms with Crippen molar-refractivity contribution in [3.63, 3.8) is 0 Å². The summed E-state index contributed by atoms with van der Waals surface area (Å²) in [4.78, 5) is 0. The summed E-state index contributed by atoms with van der Waals surface area (Å²) in [7, 11) is 2.02. The number of nitrogens with two attached hydrogens (primary N) is 1. The Morgan fingerprint density at radius 1 is 1.50 bits per heavy atom. The molecule has 2 rings (SSSR count). The van der Waals surface area contributed by atoms with Crippen LogP contribution in [0.15, 0.2) is 4.47 Å². The Kier molecular flexibility index (Phi) is 4.49. The Bertz CT molecular complexity index is 413. The van der Waals surface area contributed by atoms with E-state index in [9.17, 15) is 0 Å². The van der Waals surface area contributed by atoms with E-state index in [1.54, 1.807) is 0 Å². The van der Waals surface area contributed by atoms with Crippen molar-refractivity contribution in [3.8, 4) is 0 Å². The molecule has 0 bridgehead atoms. The minimum atomic E-state index is 0.263. The van der Waals surface area contributed by atoms with E-state index in [0.717, 1.165) is 28.9 Å². The Morgan fingerprint density at radius 3 is 2.72 bits per heavy atom. The van der Waals surface area contributed by atoms with E-state index in [-0.39, 0.29) is 6.04 Å². The fourth-order valence-corrected chi connectivity index (χ4v) is 4.00. The summed E-state index contributed by atoms with van der Waals surface area (Å²) in [6.45, 7) is 4.48. The molecule has 18 heavy (non-hydrogen) atoms. The van der Waals surface area contributed by atoms with Crippen LogP contribution in [0.5, 0.6) is 0 Å². The Labute approximate surface area is 118 Å². The number of hydrogen-bond acceptors (Lipinski definition) is 2. The third-order valence-electron chi connectivity index (χ3n) is 4.41. The van der Waals surface area contributed by atoms with E-state index in [1.807, 2.05) is 11.7 Å². The van der Waals surface area contributed by atoms with Gasteiger partial charge in [-0.15, -0.1) is 0 Å². The maximum absolute atomic E-state index is 6.43. The molecule has 2 N–H and O–H groups in total. The van der Waals surface area contributed by atoms with Crippen molar-refractivity contribution in [2.45, 2.75) is 52.0 Å². The Morgan fingerprint density at radius 2 is 2.22 bits per heavy atom. The van der Waals surface area contributed by atoms with Gasteiger partial charge < -0.3 is 5.73 Å². The summed E-state index contributed by atoms with van der Waals surface area (Å²) in [6, 6.07) is 0.263. The van der Waals surface area contributed by atoms with E-state index >= 15 is 0 Å². The molecule has 0 aromatic carbocycles. The SMILES string of the molecule is CCc1nn(C)c(CC(N)C2CCCC2C)c1Br. The van der Waals surface area contributed by atoms with Gasteiger partial charge in [-0.2, -0.15) is 5.10 Å². The number of halogens is 1. The summed E-state index contributed by atoms with van der Waals surface area (Å²) in [6.07, 6.45) is 5.86. The monoisotopic (exact) mass is 313 g/mol. The maximum Gasteiger partial charge on any atom is 0.0766 e. The van der Waals surface area contributed by atoms with E-state index in [0.29, 0.717) is 5.92 Å². The first-order valence-electron chi connectivity index (χ1n) is 7.00. The molecule has 0 aliphatic heterocycles. The molecule has 3 atom stereocenters. The second-order valence-corrected chi connectivity index (χ2v) is 6.42.